The minimum atomic E-state index is 0.912. The first-order chi connectivity index (χ1) is 9.74. The maximum Gasteiger partial charge on any atom is 0.144 e. The van der Waals surface area contributed by atoms with Crippen LogP contribution in [-0.4, -0.2) is 34.5 Å². The fraction of sp³-hybridized carbons (Fsp3) is 0.750. The molecule has 2 atom stereocenters. The second kappa shape index (κ2) is 6.08. The quantitative estimate of drug-likeness (QED) is 0.896. The standard InChI is InChI=1S/C16H26N4/c1-3-7-17-15-8-12(2)18-16(19-15)11-20-9-13-5-4-6-14(13)10-20/h8,13-14H,3-7,9-11H2,1-2H3,(H,17,18,19). The summed E-state index contributed by atoms with van der Waals surface area (Å²) in [6.45, 7) is 8.62. The molecule has 1 aliphatic heterocycles. The minimum absolute atomic E-state index is 0.912. The van der Waals surface area contributed by atoms with Gasteiger partial charge in [-0.15, -0.1) is 0 Å². The molecule has 2 aliphatic rings. The van der Waals surface area contributed by atoms with E-state index in [2.05, 4.69) is 34.0 Å². The highest BCUT2D eigenvalue weighted by molar-refractivity contribution is 5.35. The molecule has 0 radical (unpaired) electrons. The summed E-state index contributed by atoms with van der Waals surface area (Å²) in [5.74, 6) is 3.84. The first-order valence-electron chi connectivity index (χ1n) is 8.05. The Kier molecular flexibility index (Phi) is 4.20. The number of nitrogens with zero attached hydrogens (tertiary/aromatic N) is 3. The Labute approximate surface area is 122 Å². The van der Waals surface area contributed by atoms with E-state index in [1.165, 1.54) is 32.4 Å². The van der Waals surface area contributed by atoms with Gasteiger partial charge < -0.3 is 5.32 Å². The lowest BCUT2D eigenvalue weighted by atomic mass is 10.0. The van der Waals surface area contributed by atoms with E-state index < -0.39 is 0 Å². The number of rotatable bonds is 5. The number of likely N-dealkylation sites (tertiary alicyclic amines) is 1. The topological polar surface area (TPSA) is 41.1 Å². The Bertz CT molecular complexity index is 448. The summed E-state index contributed by atoms with van der Waals surface area (Å²) >= 11 is 0. The van der Waals surface area contributed by atoms with Gasteiger partial charge in [0, 0.05) is 31.4 Å². The maximum atomic E-state index is 4.66. The third-order valence-electron chi connectivity index (χ3n) is 4.62. The lowest BCUT2D eigenvalue weighted by molar-refractivity contribution is 0.296. The van der Waals surface area contributed by atoms with Crippen molar-refractivity contribution in [3.05, 3.63) is 17.6 Å². The van der Waals surface area contributed by atoms with Crippen LogP contribution in [0.25, 0.3) is 0 Å². The van der Waals surface area contributed by atoms with Gasteiger partial charge in [0.05, 0.1) is 6.54 Å². The number of aryl methyl sites for hydroxylation is 1. The molecule has 1 aliphatic carbocycles. The van der Waals surface area contributed by atoms with Gasteiger partial charge in [-0.05, 0) is 38.0 Å². The first-order valence-corrected chi connectivity index (χ1v) is 8.05. The third-order valence-corrected chi connectivity index (χ3v) is 4.62. The molecule has 3 rings (SSSR count). The van der Waals surface area contributed by atoms with E-state index in [1.54, 1.807) is 0 Å². The molecular formula is C16H26N4. The Hall–Kier alpha value is -1.16. The van der Waals surface area contributed by atoms with Crippen molar-refractivity contribution in [3.8, 4) is 0 Å². The summed E-state index contributed by atoms with van der Waals surface area (Å²) in [4.78, 5) is 11.8. The number of aromatic nitrogens is 2. The van der Waals surface area contributed by atoms with Gasteiger partial charge in [-0.1, -0.05) is 13.3 Å². The van der Waals surface area contributed by atoms with Crippen molar-refractivity contribution >= 4 is 5.82 Å². The highest BCUT2D eigenvalue weighted by atomic mass is 15.2. The average Bonchev–Trinajstić information content (AvgIpc) is 2.96. The molecule has 0 spiro atoms. The van der Waals surface area contributed by atoms with Crippen molar-refractivity contribution in [1.82, 2.24) is 14.9 Å². The van der Waals surface area contributed by atoms with Gasteiger partial charge in [0.25, 0.3) is 0 Å². The predicted molar refractivity (Wildman–Crippen MR) is 81.7 cm³/mol. The molecule has 1 aromatic rings. The molecule has 4 heteroatoms. The van der Waals surface area contributed by atoms with Gasteiger partial charge in [0.15, 0.2) is 0 Å². The van der Waals surface area contributed by atoms with Gasteiger partial charge in [-0.3, -0.25) is 4.90 Å². The van der Waals surface area contributed by atoms with Crippen molar-refractivity contribution in [2.24, 2.45) is 11.8 Å². The fourth-order valence-corrected chi connectivity index (χ4v) is 3.71. The van der Waals surface area contributed by atoms with Crippen LogP contribution < -0.4 is 5.32 Å². The molecular weight excluding hydrogens is 248 g/mol. The summed E-state index contributed by atoms with van der Waals surface area (Å²) < 4.78 is 0. The molecule has 1 saturated heterocycles. The largest absolute Gasteiger partial charge is 0.370 e. The van der Waals surface area contributed by atoms with Crippen LogP contribution in [0.15, 0.2) is 6.07 Å². The van der Waals surface area contributed by atoms with Crippen molar-refractivity contribution in [3.63, 3.8) is 0 Å². The van der Waals surface area contributed by atoms with E-state index in [1.807, 2.05) is 6.07 Å². The monoisotopic (exact) mass is 274 g/mol. The van der Waals surface area contributed by atoms with Crippen molar-refractivity contribution in [1.29, 1.82) is 0 Å². The van der Waals surface area contributed by atoms with E-state index in [0.717, 1.165) is 48.7 Å². The van der Waals surface area contributed by atoms with Crippen LogP contribution in [0.4, 0.5) is 5.82 Å². The number of anilines is 1. The summed E-state index contributed by atoms with van der Waals surface area (Å²) in [5.41, 5.74) is 1.06. The maximum absolute atomic E-state index is 4.66. The summed E-state index contributed by atoms with van der Waals surface area (Å²) in [7, 11) is 0. The highest BCUT2D eigenvalue weighted by Crippen LogP contribution is 2.37. The highest BCUT2D eigenvalue weighted by Gasteiger charge is 2.36. The van der Waals surface area contributed by atoms with Crippen LogP contribution in [-0.2, 0) is 6.54 Å². The second-order valence-electron chi connectivity index (χ2n) is 6.38. The Balaban J connectivity index is 1.63. The number of hydrogen-bond acceptors (Lipinski definition) is 4. The zero-order valence-corrected chi connectivity index (χ0v) is 12.7. The van der Waals surface area contributed by atoms with Crippen LogP contribution >= 0.6 is 0 Å². The Morgan fingerprint density at radius 1 is 1.25 bits per heavy atom. The lowest BCUT2D eigenvalue weighted by Gasteiger charge is -2.16. The van der Waals surface area contributed by atoms with Gasteiger partial charge in [0.1, 0.15) is 11.6 Å². The SMILES string of the molecule is CCCNc1cc(C)nc(CN2CC3CCCC3C2)n1. The molecule has 1 saturated carbocycles. The molecule has 110 valence electrons. The zero-order valence-electron chi connectivity index (χ0n) is 12.7. The second-order valence-corrected chi connectivity index (χ2v) is 6.38. The van der Waals surface area contributed by atoms with Crippen molar-refractivity contribution in [2.45, 2.75) is 46.1 Å². The first kappa shape index (κ1) is 13.8. The average molecular weight is 274 g/mol. The zero-order chi connectivity index (χ0) is 13.9. The molecule has 2 unspecified atom stereocenters. The molecule has 4 nitrogen and oxygen atoms in total. The third kappa shape index (κ3) is 3.11. The minimum Gasteiger partial charge on any atom is -0.370 e. The van der Waals surface area contributed by atoms with Gasteiger partial charge in [-0.2, -0.15) is 0 Å². The van der Waals surface area contributed by atoms with E-state index in [4.69, 9.17) is 0 Å². The number of fused-ring (bicyclic) bond motifs is 1. The van der Waals surface area contributed by atoms with Gasteiger partial charge >= 0.3 is 0 Å². The van der Waals surface area contributed by atoms with Crippen LogP contribution in [0.2, 0.25) is 0 Å². The van der Waals surface area contributed by atoms with Crippen molar-refractivity contribution in [2.75, 3.05) is 25.0 Å². The van der Waals surface area contributed by atoms with Crippen LogP contribution in [0, 0.1) is 18.8 Å². The van der Waals surface area contributed by atoms with Crippen LogP contribution in [0.5, 0.6) is 0 Å². The van der Waals surface area contributed by atoms with Crippen LogP contribution in [0.3, 0.4) is 0 Å². The predicted octanol–water partition coefficient (Wildman–Crippen LogP) is 2.84. The normalized spacial score (nSPS) is 25.9. The van der Waals surface area contributed by atoms with E-state index in [0.29, 0.717) is 0 Å². The van der Waals surface area contributed by atoms with E-state index in [-0.39, 0.29) is 0 Å². The number of nitrogens with one attached hydrogen (secondary N) is 1. The Morgan fingerprint density at radius 3 is 2.70 bits per heavy atom. The summed E-state index contributed by atoms with van der Waals surface area (Å²) in [6.07, 6.45) is 5.42. The molecule has 20 heavy (non-hydrogen) atoms. The summed E-state index contributed by atoms with van der Waals surface area (Å²) in [6, 6.07) is 2.04. The van der Waals surface area contributed by atoms with Gasteiger partial charge in [-0.25, -0.2) is 9.97 Å². The molecule has 1 aromatic heterocycles. The van der Waals surface area contributed by atoms with E-state index in [9.17, 15) is 0 Å². The summed E-state index contributed by atoms with van der Waals surface area (Å²) in [5, 5.41) is 3.37. The molecule has 0 bridgehead atoms. The smallest absolute Gasteiger partial charge is 0.144 e. The van der Waals surface area contributed by atoms with E-state index >= 15 is 0 Å². The molecule has 0 aromatic carbocycles. The molecule has 1 N–H and O–H groups in total. The molecule has 0 amide bonds. The molecule has 2 fully saturated rings. The molecule has 2 heterocycles. The number of hydrogen-bond donors (Lipinski definition) is 1. The van der Waals surface area contributed by atoms with Crippen LogP contribution in [0.1, 0.15) is 44.1 Å². The lowest BCUT2D eigenvalue weighted by Crippen LogP contribution is -2.23. The van der Waals surface area contributed by atoms with Crippen molar-refractivity contribution < 1.29 is 0 Å². The fourth-order valence-electron chi connectivity index (χ4n) is 3.71. The van der Waals surface area contributed by atoms with Gasteiger partial charge in [0.2, 0.25) is 0 Å². The Morgan fingerprint density at radius 2 is 2.00 bits per heavy atom.